The Kier molecular flexibility index (Phi) is 7.85. The predicted octanol–water partition coefficient (Wildman–Crippen LogP) is 3.48. The molecule has 214 valence electrons. The summed E-state index contributed by atoms with van der Waals surface area (Å²) in [7, 11) is -4.07. The molecule has 0 unspecified atom stereocenters. The minimum absolute atomic E-state index is 0.0619. The van der Waals surface area contributed by atoms with Gasteiger partial charge in [-0.15, -0.1) is 11.8 Å². The number of sulfonamides is 1. The number of anilines is 1. The van der Waals surface area contributed by atoms with Crippen LogP contribution in [0.3, 0.4) is 0 Å². The Hall–Kier alpha value is -3.83. The largest absolute Gasteiger partial charge is 0.442 e. The van der Waals surface area contributed by atoms with E-state index in [1.54, 1.807) is 42.5 Å². The third-order valence-electron chi connectivity index (χ3n) is 7.17. The van der Waals surface area contributed by atoms with Crippen LogP contribution >= 0.6 is 11.8 Å². The molecule has 9 nitrogen and oxygen atoms in total. The number of hydrogen-bond acceptors (Lipinski definition) is 7. The van der Waals surface area contributed by atoms with E-state index in [1.165, 1.54) is 28.8 Å². The van der Waals surface area contributed by atoms with E-state index >= 15 is 0 Å². The fourth-order valence-electron chi connectivity index (χ4n) is 5.05. The second-order valence-electron chi connectivity index (χ2n) is 10.6. The molecular weight excluding hydrogens is 562 g/mol. The maximum atomic E-state index is 13.6. The van der Waals surface area contributed by atoms with Gasteiger partial charge in [0.05, 0.1) is 17.0 Å². The molecule has 3 aromatic carbocycles. The molecule has 2 amide bonds. The summed E-state index contributed by atoms with van der Waals surface area (Å²) in [4.78, 5) is 40.7. The molecule has 2 aliphatic rings. The number of amides is 2. The topological polar surface area (TPSA) is 113 Å². The molecule has 3 aromatic rings. The smallest absolute Gasteiger partial charge is 0.332 e. The average Bonchev–Trinajstić information content (AvgIpc) is 3.20. The van der Waals surface area contributed by atoms with Gasteiger partial charge in [-0.1, -0.05) is 66.2 Å². The molecule has 5 rings (SSSR count). The number of nitrogens with one attached hydrogen (secondary N) is 1. The van der Waals surface area contributed by atoms with Crippen molar-refractivity contribution in [2.45, 2.75) is 54.3 Å². The second-order valence-corrected chi connectivity index (χ2v) is 14.2. The van der Waals surface area contributed by atoms with Crippen molar-refractivity contribution in [3.63, 3.8) is 0 Å². The third kappa shape index (κ3) is 5.69. The van der Waals surface area contributed by atoms with E-state index in [9.17, 15) is 22.8 Å². The van der Waals surface area contributed by atoms with Crippen LogP contribution in [-0.4, -0.2) is 60.0 Å². The van der Waals surface area contributed by atoms with Gasteiger partial charge in [0.25, 0.3) is 10.0 Å². The lowest BCUT2D eigenvalue weighted by Gasteiger charge is -2.44. The first kappa shape index (κ1) is 28.7. The number of ether oxygens (including phenoxy) is 1. The van der Waals surface area contributed by atoms with E-state index in [4.69, 9.17) is 4.74 Å². The lowest BCUT2D eigenvalue weighted by Crippen LogP contribution is -2.70. The van der Waals surface area contributed by atoms with E-state index in [0.717, 1.165) is 15.4 Å². The number of esters is 1. The lowest BCUT2D eigenvalue weighted by molar-refractivity contribution is -0.164. The zero-order valence-corrected chi connectivity index (χ0v) is 24.5. The van der Waals surface area contributed by atoms with Gasteiger partial charge >= 0.3 is 5.97 Å². The summed E-state index contributed by atoms with van der Waals surface area (Å²) in [6.07, 6.45) is 0.141. The number of nitrogens with zero attached hydrogens (tertiary/aromatic N) is 2. The van der Waals surface area contributed by atoms with Crippen molar-refractivity contribution >= 4 is 45.3 Å². The quantitative estimate of drug-likeness (QED) is 0.230. The van der Waals surface area contributed by atoms with Gasteiger partial charge < -0.3 is 15.0 Å². The summed E-state index contributed by atoms with van der Waals surface area (Å²) in [5.74, 6) is -1.37. The summed E-state index contributed by atoms with van der Waals surface area (Å²) >= 11 is 1.41. The molecule has 0 saturated carbocycles. The molecule has 2 heterocycles. The maximum absolute atomic E-state index is 13.6. The summed E-state index contributed by atoms with van der Waals surface area (Å²) in [5, 5.41) is 2.37. The van der Waals surface area contributed by atoms with Crippen LogP contribution in [0.4, 0.5) is 5.69 Å². The Morgan fingerprint density at radius 2 is 1.59 bits per heavy atom. The molecule has 3 atom stereocenters. The van der Waals surface area contributed by atoms with E-state index in [-0.39, 0.29) is 23.1 Å². The van der Waals surface area contributed by atoms with Crippen molar-refractivity contribution < 1.29 is 27.5 Å². The second kappa shape index (κ2) is 11.2. The average molecular weight is 594 g/mol. The van der Waals surface area contributed by atoms with Crippen molar-refractivity contribution in [1.82, 2.24) is 10.2 Å². The molecule has 0 spiro atoms. The Morgan fingerprint density at radius 3 is 2.22 bits per heavy atom. The molecule has 0 radical (unpaired) electrons. The number of rotatable bonds is 9. The minimum Gasteiger partial charge on any atom is -0.442 e. The molecule has 2 aliphatic heterocycles. The zero-order valence-electron chi connectivity index (χ0n) is 22.9. The molecule has 0 aromatic heterocycles. The number of para-hydroxylation sites is 1. The monoisotopic (exact) mass is 593 g/mol. The van der Waals surface area contributed by atoms with Crippen LogP contribution in [0.25, 0.3) is 0 Å². The molecule has 2 fully saturated rings. The zero-order chi connectivity index (χ0) is 29.4. The molecule has 1 N–H and O–H groups in total. The van der Waals surface area contributed by atoms with Crippen LogP contribution < -0.4 is 9.62 Å². The van der Waals surface area contributed by atoms with Gasteiger partial charge in [0.2, 0.25) is 11.8 Å². The van der Waals surface area contributed by atoms with E-state index in [0.29, 0.717) is 5.69 Å². The summed E-state index contributed by atoms with van der Waals surface area (Å²) in [6, 6.07) is 22.3. The number of fused-ring (bicyclic) bond motifs is 1. The fourth-order valence-corrected chi connectivity index (χ4v) is 7.99. The highest BCUT2D eigenvalue weighted by atomic mass is 32.2. The Labute approximate surface area is 243 Å². The molecule has 2 saturated heterocycles. The summed E-state index contributed by atoms with van der Waals surface area (Å²) < 4.78 is 33.1. The first-order valence-corrected chi connectivity index (χ1v) is 15.5. The number of benzene rings is 3. The highest BCUT2D eigenvalue weighted by Crippen LogP contribution is 2.51. The van der Waals surface area contributed by atoms with Crippen LogP contribution in [0, 0.1) is 6.92 Å². The van der Waals surface area contributed by atoms with Gasteiger partial charge in [0, 0.05) is 4.75 Å². The van der Waals surface area contributed by atoms with Crippen molar-refractivity contribution in [1.29, 1.82) is 0 Å². The summed E-state index contributed by atoms with van der Waals surface area (Å²) in [5.41, 5.74) is 2.07. The maximum Gasteiger partial charge on any atom is 0.332 e. The number of thioether (sulfide) groups is 1. The van der Waals surface area contributed by atoms with Crippen LogP contribution in [-0.2, 0) is 35.6 Å². The van der Waals surface area contributed by atoms with Gasteiger partial charge in [-0.2, -0.15) is 0 Å². The van der Waals surface area contributed by atoms with Crippen molar-refractivity contribution in [2.75, 3.05) is 11.0 Å². The summed E-state index contributed by atoms with van der Waals surface area (Å²) in [6.45, 7) is 4.95. The van der Waals surface area contributed by atoms with Gasteiger partial charge in [0.1, 0.15) is 17.5 Å². The first-order chi connectivity index (χ1) is 19.5. The number of carbonyl (C=O) groups excluding carboxylic acids is 3. The number of aryl methyl sites for hydroxylation is 1. The Morgan fingerprint density at radius 1 is 0.976 bits per heavy atom. The molecule has 41 heavy (non-hydrogen) atoms. The van der Waals surface area contributed by atoms with E-state index in [2.05, 4.69) is 5.32 Å². The number of hydrogen-bond donors (Lipinski definition) is 1. The van der Waals surface area contributed by atoms with E-state index in [1.807, 2.05) is 51.1 Å². The van der Waals surface area contributed by atoms with Crippen molar-refractivity contribution in [3.05, 3.63) is 96.1 Å². The highest BCUT2D eigenvalue weighted by molar-refractivity contribution is 8.01. The number of carbonyl (C=O) groups is 3. The lowest BCUT2D eigenvalue weighted by atomic mass is 9.96. The SMILES string of the molecule is Cc1ccc(S(=O)(=O)N(COC(=O)[C@@H]2N3C(=O)[C@@H](NC(=O)Cc4ccccc4)[C@H]3SC2(C)C)c2ccccc2)cc1. The molecular formula is C30H31N3O6S2. The van der Waals surface area contributed by atoms with Crippen LogP contribution in [0.1, 0.15) is 25.0 Å². The van der Waals surface area contributed by atoms with Gasteiger partial charge in [-0.25, -0.2) is 17.5 Å². The Bertz CT molecular complexity index is 1550. The highest BCUT2D eigenvalue weighted by Gasteiger charge is 2.64. The van der Waals surface area contributed by atoms with Gasteiger partial charge in [-0.05, 0) is 50.6 Å². The number of β-lactam (4-membered cyclic amide) rings is 1. The van der Waals surface area contributed by atoms with Crippen molar-refractivity contribution in [2.24, 2.45) is 0 Å². The van der Waals surface area contributed by atoms with E-state index < -0.39 is 44.9 Å². The molecule has 0 aliphatic carbocycles. The predicted molar refractivity (Wildman–Crippen MR) is 156 cm³/mol. The minimum atomic E-state index is -4.07. The first-order valence-electron chi connectivity index (χ1n) is 13.1. The van der Waals surface area contributed by atoms with Gasteiger partial charge in [0.15, 0.2) is 6.73 Å². The fraction of sp³-hybridized carbons (Fsp3) is 0.300. The normalized spacial score (nSPS) is 21.0. The third-order valence-corrected chi connectivity index (χ3v) is 10.5. The molecule has 0 bridgehead atoms. The Balaban J connectivity index is 1.30. The van der Waals surface area contributed by atoms with Crippen molar-refractivity contribution in [3.8, 4) is 0 Å². The van der Waals surface area contributed by atoms with Crippen LogP contribution in [0.2, 0.25) is 0 Å². The van der Waals surface area contributed by atoms with Gasteiger partial charge in [-0.3, -0.25) is 9.59 Å². The van der Waals surface area contributed by atoms with Crippen LogP contribution in [0.15, 0.2) is 89.8 Å². The van der Waals surface area contributed by atoms with Crippen LogP contribution in [0.5, 0.6) is 0 Å². The standard InChI is InChI=1S/C30H31N3O6S2/c1-20-14-16-23(17-15-20)41(37,38)32(22-12-8-5-9-13-22)19-39-29(36)26-30(2,3)40-28-25(27(35)33(26)28)31-24(34)18-21-10-6-4-7-11-21/h4-17,25-26,28H,18-19H2,1-3H3,(H,31,34)/t25-,26+,28-/m1/s1. The molecule has 11 heteroatoms.